The first-order chi connectivity index (χ1) is 10.6. The lowest BCUT2D eigenvalue weighted by atomic mass is 10.2. The summed E-state index contributed by atoms with van der Waals surface area (Å²) in [5.41, 5.74) is 3.01. The van der Waals surface area contributed by atoms with Gasteiger partial charge in [-0.25, -0.2) is 4.99 Å². The smallest absolute Gasteiger partial charge is 0.266 e. The summed E-state index contributed by atoms with van der Waals surface area (Å²) in [4.78, 5) is 19.3. The van der Waals surface area contributed by atoms with Gasteiger partial charge in [0.1, 0.15) is 0 Å². The van der Waals surface area contributed by atoms with E-state index in [4.69, 9.17) is 0 Å². The fraction of sp³-hybridized carbons (Fsp3) is 0.111. The minimum Gasteiger partial charge on any atom is -0.290 e. The van der Waals surface area contributed by atoms with Crippen LogP contribution in [0.2, 0.25) is 0 Å². The van der Waals surface area contributed by atoms with Crippen LogP contribution < -0.4 is 0 Å². The van der Waals surface area contributed by atoms with Gasteiger partial charge < -0.3 is 0 Å². The Morgan fingerprint density at radius 1 is 1.05 bits per heavy atom. The zero-order chi connectivity index (χ0) is 15.5. The molecule has 0 aliphatic carbocycles. The second kappa shape index (κ2) is 6.20. The molecule has 0 atom stereocenters. The van der Waals surface area contributed by atoms with Gasteiger partial charge in [0, 0.05) is 7.05 Å². The number of hydrogen-bond acceptors (Lipinski definition) is 3. The van der Waals surface area contributed by atoms with Crippen molar-refractivity contribution < 1.29 is 4.79 Å². The standard InChI is InChI=1S/C18H16N2OS/c1-13-8-6-7-11-15(13)19-18-20(2)17(21)16(22-18)12-14-9-4-3-5-10-14/h3-12H,1-2H3/b16-12+,19-18?. The normalized spacial score (nSPS) is 18.5. The van der Waals surface area contributed by atoms with Crippen LogP contribution >= 0.6 is 11.8 Å². The van der Waals surface area contributed by atoms with Crippen molar-refractivity contribution in [2.45, 2.75) is 6.92 Å². The summed E-state index contributed by atoms with van der Waals surface area (Å²) in [6.07, 6.45) is 1.91. The summed E-state index contributed by atoms with van der Waals surface area (Å²) in [6, 6.07) is 17.8. The molecular formula is C18H16N2OS. The number of carbonyl (C=O) groups is 1. The van der Waals surface area contributed by atoms with Crippen molar-refractivity contribution in [3.05, 3.63) is 70.6 Å². The minimum atomic E-state index is -0.0128. The third kappa shape index (κ3) is 2.97. The number of para-hydroxylation sites is 1. The largest absolute Gasteiger partial charge is 0.290 e. The van der Waals surface area contributed by atoms with Gasteiger partial charge in [-0.15, -0.1) is 0 Å². The molecule has 2 aromatic carbocycles. The Labute approximate surface area is 134 Å². The highest BCUT2D eigenvalue weighted by atomic mass is 32.2. The Hall–Kier alpha value is -2.33. The molecule has 3 rings (SSSR count). The number of amides is 1. The van der Waals surface area contributed by atoms with Crippen LogP contribution in [0.1, 0.15) is 11.1 Å². The Morgan fingerprint density at radius 3 is 2.45 bits per heavy atom. The van der Waals surface area contributed by atoms with Gasteiger partial charge in [0.25, 0.3) is 5.91 Å². The number of nitrogens with zero attached hydrogens (tertiary/aromatic N) is 2. The van der Waals surface area contributed by atoms with E-state index in [1.165, 1.54) is 11.8 Å². The number of likely N-dealkylation sites (N-methyl/N-ethyl adjacent to an activating group) is 1. The Kier molecular flexibility index (Phi) is 4.11. The van der Waals surface area contributed by atoms with Gasteiger partial charge in [0.2, 0.25) is 0 Å². The molecule has 0 unspecified atom stereocenters. The molecule has 1 amide bonds. The number of amidine groups is 1. The van der Waals surface area contributed by atoms with Crippen LogP contribution in [0.25, 0.3) is 6.08 Å². The van der Waals surface area contributed by atoms with Gasteiger partial charge in [0.05, 0.1) is 10.6 Å². The van der Waals surface area contributed by atoms with E-state index in [2.05, 4.69) is 4.99 Å². The van der Waals surface area contributed by atoms with Crippen LogP contribution in [0.15, 0.2) is 64.5 Å². The van der Waals surface area contributed by atoms with Gasteiger partial charge in [-0.3, -0.25) is 9.69 Å². The molecule has 4 heteroatoms. The van der Waals surface area contributed by atoms with Crippen LogP contribution in [0.5, 0.6) is 0 Å². The number of aryl methyl sites for hydroxylation is 1. The van der Waals surface area contributed by atoms with E-state index in [-0.39, 0.29) is 5.91 Å². The lowest BCUT2D eigenvalue weighted by Crippen LogP contribution is -2.23. The van der Waals surface area contributed by atoms with Gasteiger partial charge in [-0.2, -0.15) is 0 Å². The van der Waals surface area contributed by atoms with E-state index in [1.807, 2.05) is 67.6 Å². The van der Waals surface area contributed by atoms with Crippen molar-refractivity contribution in [3.63, 3.8) is 0 Å². The topological polar surface area (TPSA) is 32.7 Å². The number of thioether (sulfide) groups is 1. The third-order valence-electron chi connectivity index (χ3n) is 3.43. The average Bonchev–Trinajstić information content (AvgIpc) is 2.79. The zero-order valence-corrected chi connectivity index (χ0v) is 13.3. The van der Waals surface area contributed by atoms with Crippen LogP contribution in [0.4, 0.5) is 5.69 Å². The predicted octanol–water partition coefficient (Wildman–Crippen LogP) is 4.23. The van der Waals surface area contributed by atoms with Crippen molar-refractivity contribution in [2.24, 2.45) is 4.99 Å². The third-order valence-corrected chi connectivity index (χ3v) is 4.49. The molecule has 0 spiro atoms. The van der Waals surface area contributed by atoms with E-state index in [0.29, 0.717) is 10.1 Å². The van der Waals surface area contributed by atoms with Crippen molar-refractivity contribution in [2.75, 3.05) is 7.05 Å². The molecule has 22 heavy (non-hydrogen) atoms. The minimum absolute atomic E-state index is 0.0128. The molecule has 1 heterocycles. The number of rotatable bonds is 2. The van der Waals surface area contributed by atoms with Crippen molar-refractivity contribution in [1.29, 1.82) is 0 Å². The predicted molar refractivity (Wildman–Crippen MR) is 93.1 cm³/mol. The van der Waals surface area contributed by atoms with Gasteiger partial charge in [-0.05, 0) is 42.0 Å². The highest BCUT2D eigenvalue weighted by Crippen LogP contribution is 2.33. The molecule has 0 N–H and O–H groups in total. The molecular weight excluding hydrogens is 292 g/mol. The first-order valence-electron chi connectivity index (χ1n) is 7.02. The lowest BCUT2D eigenvalue weighted by molar-refractivity contribution is -0.121. The Morgan fingerprint density at radius 2 is 1.73 bits per heavy atom. The maximum Gasteiger partial charge on any atom is 0.266 e. The molecule has 1 fully saturated rings. The molecule has 0 radical (unpaired) electrons. The van der Waals surface area contributed by atoms with Crippen molar-refractivity contribution in [1.82, 2.24) is 4.90 Å². The quantitative estimate of drug-likeness (QED) is 0.778. The van der Waals surface area contributed by atoms with Gasteiger partial charge in [-0.1, -0.05) is 48.5 Å². The van der Waals surface area contributed by atoms with E-state index in [9.17, 15) is 4.79 Å². The van der Waals surface area contributed by atoms with Crippen LogP contribution in [-0.2, 0) is 4.79 Å². The molecule has 0 saturated carbocycles. The maximum absolute atomic E-state index is 12.4. The van der Waals surface area contributed by atoms with Crippen molar-refractivity contribution >= 4 is 34.6 Å². The fourth-order valence-electron chi connectivity index (χ4n) is 2.14. The SMILES string of the molecule is Cc1ccccc1N=C1S/C(=C/c2ccccc2)C(=O)N1C. The van der Waals surface area contributed by atoms with E-state index < -0.39 is 0 Å². The summed E-state index contributed by atoms with van der Waals surface area (Å²) < 4.78 is 0. The molecule has 110 valence electrons. The van der Waals surface area contributed by atoms with Crippen molar-refractivity contribution in [3.8, 4) is 0 Å². The van der Waals surface area contributed by atoms with E-state index in [1.54, 1.807) is 11.9 Å². The number of benzene rings is 2. The molecule has 2 aromatic rings. The highest BCUT2D eigenvalue weighted by Gasteiger charge is 2.30. The maximum atomic E-state index is 12.4. The molecule has 3 nitrogen and oxygen atoms in total. The number of hydrogen-bond donors (Lipinski definition) is 0. The Bertz CT molecular complexity index is 766. The second-order valence-corrected chi connectivity index (χ2v) is 6.08. The fourth-order valence-corrected chi connectivity index (χ4v) is 3.12. The van der Waals surface area contributed by atoms with E-state index in [0.717, 1.165) is 16.8 Å². The van der Waals surface area contributed by atoms with Crippen LogP contribution in [0, 0.1) is 6.92 Å². The lowest BCUT2D eigenvalue weighted by Gasteiger charge is -2.08. The molecule has 1 aliphatic heterocycles. The molecule has 1 saturated heterocycles. The summed E-state index contributed by atoms with van der Waals surface area (Å²) in [7, 11) is 1.76. The van der Waals surface area contributed by atoms with Crippen LogP contribution in [0.3, 0.4) is 0 Å². The Balaban J connectivity index is 1.92. The molecule has 0 aromatic heterocycles. The molecule has 1 aliphatic rings. The monoisotopic (exact) mass is 308 g/mol. The van der Waals surface area contributed by atoms with Gasteiger partial charge in [0.15, 0.2) is 5.17 Å². The summed E-state index contributed by atoms with van der Waals surface area (Å²) in [5.74, 6) is -0.0128. The first-order valence-corrected chi connectivity index (χ1v) is 7.84. The number of aliphatic imine (C=N–C) groups is 1. The molecule has 0 bridgehead atoms. The van der Waals surface area contributed by atoms with E-state index >= 15 is 0 Å². The summed E-state index contributed by atoms with van der Waals surface area (Å²) >= 11 is 1.41. The summed E-state index contributed by atoms with van der Waals surface area (Å²) in [5, 5.41) is 0.710. The average molecular weight is 308 g/mol. The first kappa shape index (κ1) is 14.6. The van der Waals surface area contributed by atoms with Crippen LogP contribution in [-0.4, -0.2) is 23.0 Å². The number of carbonyl (C=O) groups excluding carboxylic acids is 1. The zero-order valence-electron chi connectivity index (χ0n) is 12.5. The summed E-state index contributed by atoms with van der Waals surface area (Å²) in [6.45, 7) is 2.02. The van der Waals surface area contributed by atoms with Gasteiger partial charge >= 0.3 is 0 Å². The second-order valence-electron chi connectivity index (χ2n) is 5.07. The highest BCUT2D eigenvalue weighted by molar-refractivity contribution is 8.18.